The van der Waals surface area contributed by atoms with Crippen molar-refractivity contribution in [2.24, 2.45) is 7.05 Å². The highest BCUT2D eigenvalue weighted by Gasteiger charge is 2.07. The minimum atomic E-state index is 0.199. The van der Waals surface area contributed by atoms with Gasteiger partial charge in [0.2, 0.25) is 0 Å². The molecule has 0 saturated heterocycles. The number of hydrogen-bond acceptors (Lipinski definition) is 3. The molecule has 5 nitrogen and oxygen atoms in total. The number of aromatic nitrogens is 4. The van der Waals surface area contributed by atoms with Crippen LogP contribution in [0.25, 0.3) is 0 Å². The van der Waals surface area contributed by atoms with Crippen molar-refractivity contribution < 1.29 is 4.79 Å². The summed E-state index contributed by atoms with van der Waals surface area (Å²) < 4.78 is 3.62. The Morgan fingerprint density at radius 1 is 1.41 bits per heavy atom. The van der Waals surface area contributed by atoms with Gasteiger partial charge >= 0.3 is 0 Å². The topological polar surface area (TPSA) is 52.7 Å². The Kier molecular flexibility index (Phi) is 3.37. The summed E-state index contributed by atoms with van der Waals surface area (Å²) in [5.41, 5.74) is 1.66. The lowest BCUT2D eigenvalue weighted by Crippen LogP contribution is -1.99. The minimum Gasteiger partial charge on any atom is -0.347 e. The fourth-order valence-electron chi connectivity index (χ4n) is 1.73. The van der Waals surface area contributed by atoms with Gasteiger partial charge < -0.3 is 4.57 Å². The molecule has 0 bridgehead atoms. The number of rotatable bonds is 5. The number of nitrogens with zero attached hydrogens (tertiary/aromatic N) is 4. The molecule has 2 aromatic heterocycles. The van der Waals surface area contributed by atoms with Crippen LogP contribution in [0.5, 0.6) is 0 Å². The summed E-state index contributed by atoms with van der Waals surface area (Å²) in [5.74, 6) is 0.199. The van der Waals surface area contributed by atoms with Gasteiger partial charge in [-0.2, -0.15) is 0 Å². The predicted octanol–water partition coefficient (Wildman–Crippen LogP) is 1.65. The molecular formula is C12H16N4O. The maximum atomic E-state index is 11.7. The first-order valence-corrected chi connectivity index (χ1v) is 5.73. The maximum absolute atomic E-state index is 11.7. The van der Waals surface area contributed by atoms with Crippen molar-refractivity contribution >= 4 is 5.78 Å². The van der Waals surface area contributed by atoms with Gasteiger partial charge in [0.25, 0.3) is 0 Å². The molecule has 0 aromatic carbocycles. The van der Waals surface area contributed by atoms with E-state index in [0.717, 1.165) is 17.7 Å². The molecule has 2 rings (SSSR count). The van der Waals surface area contributed by atoms with Crippen LogP contribution in [0.3, 0.4) is 0 Å². The van der Waals surface area contributed by atoms with Gasteiger partial charge in [-0.1, -0.05) is 12.1 Å². The second-order valence-electron chi connectivity index (χ2n) is 4.13. The molecule has 90 valence electrons. The van der Waals surface area contributed by atoms with Crippen LogP contribution < -0.4 is 0 Å². The molecule has 2 aromatic rings. The third kappa shape index (κ3) is 2.81. The fourth-order valence-corrected chi connectivity index (χ4v) is 1.73. The summed E-state index contributed by atoms with van der Waals surface area (Å²) in [6.07, 6.45) is 7.13. The van der Waals surface area contributed by atoms with Gasteiger partial charge in [0.1, 0.15) is 5.69 Å². The molecule has 0 amide bonds. The Bertz CT molecular complexity index is 512. The first-order valence-electron chi connectivity index (χ1n) is 5.73. The lowest BCUT2D eigenvalue weighted by molar-refractivity contribution is 0.0981. The lowest BCUT2D eigenvalue weighted by atomic mass is 10.1. The molecule has 0 aliphatic rings. The third-order valence-electron chi connectivity index (χ3n) is 2.54. The van der Waals surface area contributed by atoms with Gasteiger partial charge in [-0.3, -0.25) is 9.48 Å². The van der Waals surface area contributed by atoms with E-state index < -0.39 is 0 Å². The number of hydrogen-bond donors (Lipinski definition) is 0. The molecular weight excluding hydrogens is 216 g/mol. The van der Waals surface area contributed by atoms with E-state index >= 15 is 0 Å². The van der Waals surface area contributed by atoms with Crippen LogP contribution in [0.2, 0.25) is 0 Å². The van der Waals surface area contributed by atoms with Gasteiger partial charge in [0.05, 0.1) is 6.54 Å². The Morgan fingerprint density at radius 2 is 2.24 bits per heavy atom. The molecule has 0 fully saturated rings. The van der Waals surface area contributed by atoms with Crippen LogP contribution in [0.15, 0.2) is 24.7 Å². The summed E-state index contributed by atoms with van der Waals surface area (Å²) >= 11 is 0. The predicted molar refractivity (Wildman–Crippen MR) is 63.8 cm³/mol. The molecule has 17 heavy (non-hydrogen) atoms. The van der Waals surface area contributed by atoms with Crippen molar-refractivity contribution in [2.45, 2.75) is 26.3 Å². The van der Waals surface area contributed by atoms with Crippen molar-refractivity contribution in [3.8, 4) is 0 Å². The van der Waals surface area contributed by atoms with E-state index in [2.05, 4.69) is 10.3 Å². The Labute approximate surface area is 100 Å². The zero-order valence-electron chi connectivity index (χ0n) is 10.1. The SMILES string of the molecule is CCCC(=O)c1ccn(Cc2cn(C)nn2)c1. The Balaban J connectivity index is 2.06. The number of carbonyl (C=O) groups is 1. The number of aryl methyl sites for hydroxylation is 1. The van der Waals surface area contributed by atoms with Gasteiger partial charge in [0, 0.05) is 37.6 Å². The quantitative estimate of drug-likeness (QED) is 0.736. The minimum absolute atomic E-state index is 0.199. The first kappa shape index (κ1) is 11.6. The molecule has 0 radical (unpaired) electrons. The van der Waals surface area contributed by atoms with Crippen LogP contribution >= 0.6 is 0 Å². The molecule has 0 spiro atoms. The van der Waals surface area contributed by atoms with Crippen molar-refractivity contribution in [1.82, 2.24) is 19.6 Å². The van der Waals surface area contributed by atoms with Crippen LogP contribution in [-0.2, 0) is 13.6 Å². The lowest BCUT2D eigenvalue weighted by Gasteiger charge is -1.97. The fraction of sp³-hybridized carbons (Fsp3) is 0.417. The summed E-state index contributed by atoms with van der Waals surface area (Å²) in [7, 11) is 1.84. The van der Waals surface area contributed by atoms with Crippen molar-refractivity contribution in [3.63, 3.8) is 0 Å². The van der Waals surface area contributed by atoms with Crippen molar-refractivity contribution in [1.29, 1.82) is 0 Å². The molecule has 2 heterocycles. The zero-order chi connectivity index (χ0) is 12.3. The van der Waals surface area contributed by atoms with Gasteiger partial charge in [0.15, 0.2) is 5.78 Å². The van der Waals surface area contributed by atoms with Crippen molar-refractivity contribution in [2.75, 3.05) is 0 Å². The van der Waals surface area contributed by atoms with E-state index in [1.54, 1.807) is 4.68 Å². The first-order chi connectivity index (χ1) is 8.19. The molecule has 0 saturated carbocycles. The number of carbonyl (C=O) groups excluding carboxylic acids is 1. The van der Waals surface area contributed by atoms with E-state index in [4.69, 9.17) is 0 Å². The maximum Gasteiger partial charge on any atom is 0.164 e. The molecule has 0 unspecified atom stereocenters. The summed E-state index contributed by atoms with van der Waals surface area (Å²) in [6.45, 7) is 2.65. The Hall–Kier alpha value is -1.91. The second-order valence-corrected chi connectivity index (χ2v) is 4.13. The largest absolute Gasteiger partial charge is 0.347 e. The van der Waals surface area contributed by atoms with Crippen LogP contribution in [0.1, 0.15) is 35.8 Å². The Morgan fingerprint density at radius 3 is 2.88 bits per heavy atom. The standard InChI is InChI=1S/C12H16N4O/c1-3-4-12(17)10-5-6-16(7-10)9-11-8-15(2)14-13-11/h5-8H,3-4,9H2,1-2H3. The summed E-state index contributed by atoms with van der Waals surface area (Å²) in [6, 6.07) is 1.86. The molecule has 0 aliphatic heterocycles. The van der Waals surface area contributed by atoms with Crippen LogP contribution in [-0.4, -0.2) is 25.3 Å². The smallest absolute Gasteiger partial charge is 0.164 e. The monoisotopic (exact) mass is 232 g/mol. The number of ketones is 1. The highest BCUT2D eigenvalue weighted by molar-refractivity contribution is 5.95. The highest BCUT2D eigenvalue weighted by atomic mass is 16.1. The second kappa shape index (κ2) is 4.95. The van der Waals surface area contributed by atoms with Gasteiger partial charge in [-0.05, 0) is 12.5 Å². The van der Waals surface area contributed by atoms with E-state index in [0.29, 0.717) is 13.0 Å². The van der Waals surface area contributed by atoms with Crippen LogP contribution in [0.4, 0.5) is 0 Å². The molecule has 0 N–H and O–H groups in total. The van der Waals surface area contributed by atoms with E-state index in [9.17, 15) is 4.79 Å². The van der Waals surface area contributed by atoms with Gasteiger partial charge in [-0.25, -0.2) is 0 Å². The molecule has 0 atom stereocenters. The molecule has 5 heteroatoms. The average Bonchev–Trinajstić information content (AvgIpc) is 2.89. The normalized spacial score (nSPS) is 10.7. The average molecular weight is 232 g/mol. The van der Waals surface area contributed by atoms with E-state index in [-0.39, 0.29) is 5.78 Å². The third-order valence-corrected chi connectivity index (χ3v) is 2.54. The summed E-state index contributed by atoms with van der Waals surface area (Å²) in [5, 5.41) is 7.88. The van der Waals surface area contributed by atoms with Crippen LogP contribution in [0, 0.1) is 0 Å². The zero-order valence-corrected chi connectivity index (χ0v) is 10.1. The van der Waals surface area contributed by atoms with Gasteiger partial charge in [-0.15, -0.1) is 5.10 Å². The summed E-state index contributed by atoms with van der Waals surface area (Å²) in [4.78, 5) is 11.7. The van der Waals surface area contributed by atoms with Crippen molar-refractivity contribution in [3.05, 3.63) is 35.9 Å². The van der Waals surface area contributed by atoms with E-state index in [1.165, 1.54) is 0 Å². The number of Topliss-reactive ketones (excluding diaryl/α,β-unsaturated/α-hetero) is 1. The van der Waals surface area contributed by atoms with E-state index in [1.807, 2.05) is 43.2 Å². The molecule has 0 aliphatic carbocycles. The highest BCUT2D eigenvalue weighted by Crippen LogP contribution is 2.08.